The molecule has 1 aliphatic carbocycles. The molecule has 0 amide bonds. The van der Waals surface area contributed by atoms with Crippen LogP contribution in [0.2, 0.25) is 0 Å². The molecule has 0 bridgehead atoms. The molecule has 1 aliphatic rings. The molecule has 0 saturated heterocycles. The number of ether oxygens (including phenoxy) is 1. The van der Waals surface area contributed by atoms with Crippen molar-refractivity contribution in [3.63, 3.8) is 0 Å². The summed E-state index contributed by atoms with van der Waals surface area (Å²) in [7, 11) is 0. The van der Waals surface area contributed by atoms with E-state index in [9.17, 15) is 0 Å². The highest BCUT2D eigenvalue weighted by Crippen LogP contribution is 2.28. The lowest BCUT2D eigenvalue weighted by molar-refractivity contribution is 0.123. The van der Waals surface area contributed by atoms with Gasteiger partial charge in [-0.2, -0.15) is 11.8 Å². The van der Waals surface area contributed by atoms with Gasteiger partial charge in [-0.3, -0.25) is 4.99 Å². The molecule has 0 aromatic heterocycles. The highest BCUT2D eigenvalue weighted by Gasteiger charge is 2.20. The minimum atomic E-state index is 0.857. The predicted molar refractivity (Wildman–Crippen MR) is 85.1 cm³/mol. The van der Waals surface area contributed by atoms with Crippen LogP contribution in [0, 0.1) is 5.92 Å². The molecular weight excluding hydrogens is 258 g/mol. The smallest absolute Gasteiger partial charge is 0.191 e. The number of rotatable bonds is 11. The Morgan fingerprint density at radius 3 is 2.84 bits per heavy atom. The van der Waals surface area contributed by atoms with Crippen molar-refractivity contribution in [2.24, 2.45) is 10.9 Å². The van der Waals surface area contributed by atoms with Gasteiger partial charge in [0.25, 0.3) is 0 Å². The van der Waals surface area contributed by atoms with Gasteiger partial charge in [0.2, 0.25) is 0 Å². The summed E-state index contributed by atoms with van der Waals surface area (Å²) in [6, 6.07) is 0. The van der Waals surface area contributed by atoms with E-state index in [-0.39, 0.29) is 0 Å². The van der Waals surface area contributed by atoms with Gasteiger partial charge in [0.1, 0.15) is 0 Å². The fourth-order valence-corrected chi connectivity index (χ4v) is 2.07. The maximum atomic E-state index is 5.61. The van der Waals surface area contributed by atoms with Gasteiger partial charge in [-0.1, -0.05) is 0 Å². The van der Waals surface area contributed by atoms with Crippen molar-refractivity contribution in [1.82, 2.24) is 10.6 Å². The molecule has 0 spiro atoms. The van der Waals surface area contributed by atoms with Gasteiger partial charge < -0.3 is 15.4 Å². The summed E-state index contributed by atoms with van der Waals surface area (Å²) < 4.78 is 5.61. The van der Waals surface area contributed by atoms with Gasteiger partial charge in [0, 0.05) is 32.8 Å². The fourth-order valence-electron chi connectivity index (χ4n) is 1.66. The highest BCUT2D eigenvalue weighted by molar-refractivity contribution is 7.98. The van der Waals surface area contributed by atoms with Crippen molar-refractivity contribution in [2.45, 2.75) is 32.6 Å². The van der Waals surface area contributed by atoms with Crippen LogP contribution in [0.5, 0.6) is 0 Å². The Morgan fingerprint density at radius 2 is 2.16 bits per heavy atom. The molecule has 1 rings (SSSR count). The van der Waals surface area contributed by atoms with Crippen LogP contribution in [0.25, 0.3) is 0 Å². The Balaban J connectivity index is 1.99. The van der Waals surface area contributed by atoms with Gasteiger partial charge in [-0.25, -0.2) is 0 Å². The average molecular weight is 287 g/mol. The largest absolute Gasteiger partial charge is 0.381 e. The zero-order valence-corrected chi connectivity index (χ0v) is 13.2. The number of guanidine groups is 1. The molecular formula is C14H29N3OS. The van der Waals surface area contributed by atoms with Gasteiger partial charge in [0.15, 0.2) is 5.96 Å². The lowest BCUT2D eigenvalue weighted by Crippen LogP contribution is -2.38. The third-order valence-corrected chi connectivity index (χ3v) is 3.63. The summed E-state index contributed by atoms with van der Waals surface area (Å²) in [5.74, 6) is 2.98. The van der Waals surface area contributed by atoms with Gasteiger partial charge in [-0.15, -0.1) is 0 Å². The Bertz CT molecular complexity index is 245. The topological polar surface area (TPSA) is 45.7 Å². The number of aliphatic imine (C=N–C) groups is 1. The monoisotopic (exact) mass is 287 g/mol. The van der Waals surface area contributed by atoms with Crippen LogP contribution in [0.3, 0.4) is 0 Å². The van der Waals surface area contributed by atoms with Crippen molar-refractivity contribution < 1.29 is 4.74 Å². The molecule has 19 heavy (non-hydrogen) atoms. The van der Waals surface area contributed by atoms with Gasteiger partial charge in [-0.05, 0) is 50.5 Å². The lowest BCUT2D eigenvalue weighted by Gasteiger charge is -2.11. The average Bonchev–Trinajstić information content (AvgIpc) is 3.22. The van der Waals surface area contributed by atoms with E-state index in [1.165, 1.54) is 18.6 Å². The first-order chi connectivity index (χ1) is 9.36. The Labute approximate surface area is 122 Å². The lowest BCUT2D eigenvalue weighted by atomic mass is 10.4. The van der Waals surface area contributed by atoms with Crippen LogP contribution in [0.1, 0.15) is 32.6 Å². The molecule has 5 heteroatoms. The number of nitrogens with zero attached hydrogens (tertiary/aromatic N) is 1. The van der Waals surface area contributed by atoms with E-state index in [0.29, 0.717) is 0 Å². The second-order valence-corrected chi connectivity index (χ2v) is 5.89. The van der Waals surface area contributed by atoms with E-state index < -0.39 is 0 Å². The van der Waals surface area contributed by atoms with Crippen molar-refractivity contribution in [1.29, 1.82) is 0 Å². The number of thioether (sulfide) groups is 1. The Hall–Kier alpha value is -0.420. The minimum Gasteiger partial charge on any atom is -0.381 e. The van der Waals surface area contributed by atoms with Crippen LogP contribution in [0.4, 0.5) is 0 Å². The van der Waals surface area contributed by atoms with E-state index in [0.717, 1.165) is 57.6 Å². The summed E-state index contributed by atoms with van der Waals surface area (Å²) in [5.41, 5.74) is 0. The normalized spacial score (nSPS) is 15.6. The molecule has 0 aromatic carbocycles. The second-order valence-electron chi connectivity index (χ2n) is 4.91. The standard InChI is InChI=1S/C14H29N3OS/c1-3-15-14(17-9-5-11-19-2)16-8-4-10-18-12-13-6-7-13/h13H,3-12H2,1-2H3,(H2,15,16,17). The second kappa shape index (κ2) is 11.4. The van der Waals surface area contributed by atoms with E-state index in [4.69, 9.17) is 4.74 Å². The molecule has 1 saturated carbocycles. The summed E-state index contributed by atoms with van der Waals surface area (Å²) in [5, 5.41) is 6.62. The first-order valence-corrected chi connectivity index (χ1v) is 8.85. The van der Waals surface area contributed by atoms with Gasteiger partial charge >= 0.3 is 0 Å². The number of nitrogens with one attached hydrogen (secondary N) is 2. The first kappa shape index (κ1) is 16.6. The minimum absolute atomic E-state index is 0.857. The van der Waals surface area contributed by atoms with Crippen LogP contribution in [-0.4, -0.2) is 50.8 Å². The van der Waals surface area contributed by atoms with E-state index in [1.54, 1.807) is 0 Å². The van der Waals surface area contributed by atoms with Crippen LogP contribution < -0.4 is 10.6 Å². The summed E-state index contributed by atoms with van der Waals surface area (Å²) in [6.45, 7) is 6.65. The molecule has 0 heterocycles. The maximum Gasteiger partial charge on any atom is 0.191 e. The first-order valence-electron chi connectivity index (χ1n) is 7.45. The molecule has 0 atom stereocenters. The molecule has 0 radical (unpaired) electrons. The molecule has 0 unspecified atom stereocenters. The van der Waals surface area contributed by atoms with Crippen LogP contribution >= 0.6 is 11.8 Å². The fraction of sp³-hybridized carbons (Fsp3) is 0.929. The summed E-state index contributed by atoms with van der Waals surface area (Å²) >= 11 is 1.87. The zero-order valence-electron chi connectivity index (χ0n) is 12.4. The Kier molecular flexibility index (Phi) is 9.99. The summed E-state index contributed by atoms with van der Waals surface area (Å²) in [4.78, 5) is 4.55. The van der Waals surface area contributed by atoms with Crippen molar-refractivity contribution >= 4 is 17.7 Å². The summed E-state index contributed by atoms with van der Waals surface area (Å²) in [6.07, 6.45) is 7.05. The molecule has 112 valence electrons. The maximum absolute atomic E-state index is 5.61. The third kappa shape index (κ3) is 10.1. The zero-order chi connectivity index (χ0) is 13.8. The number of hydrogen-bond acceptors (Lipinski definition) is 3. The van der Waals surface area contributed by atoms with E-state index >= 15 is 0 Å². The van der Waals surface area contributed by atoms with Gasteiger partial charge in [0.05, 0.1) is 0 Å². The van der Waals surface area contributed by atoms with Crippen molar-refractivity contribution in [2.75, 3.05) is 44.9 Å². The molecule has 0 aromatic rings. The van der Waals surface area contributed by atoms with Crippen molar-refractivity contribution in [3.8, 4) is 0 Å². The molecule has 1 fully saturated rings. The quantitative estimate of drug-likeness (QED) is 0.347. The third-order valence-electron chi connectivity index (χ3n) is 2.93. The van der Waals surface area contributed by atoms with Crippen LogP contribution in [-0.2, 0) is 4.74 Å². The van der Waals surface area contributed by atoms with Crippen molar-refractivity contribution in [3.05, 3.63) is 0 Å². The molecule has 0 aliphatic heterocycles. The SMILES string of the molecule is CCNC(=NCCCSC)NCCCOCC1CC1. The number of hydrogen-bond donors (Lipinski definition) is 2. The van der Waals surface area contributed by atoms with E-state index in [1.807, 2.05) is 11.8 Å². The Morgan fingerprint density at radius 1 is 1.32 bits per heavy atom. The van der Waals surface area contributed by atoms with E-state index in [2.05, 4.69) is 28.8 Å². The molecule has 4 nitrogen and oxygen atoms in total. The molecule has 2 N–H and O–H groups in total. The predicted octanol–water partition coefficient (Wildman–Crippen LogP) is 2.11. The highest BCUT2D eigenvalue weighted by atomic mass is 32.2. The van der Waals surface area contributed by atoms with Crippen LogP contribution in [0.15, 0.2) is 4.99 Å².